The molecule has 0 amide bonds. The maximum Gasteiger partial charge on any atom is 0.329 e. The molecule has 0 atom stereocenters. The summed E-state index contributed by atoms with van der Waals surface area (Å²) in [4.78, 5) is 18.0. The van der Waals surface area contributed by atoms with Gasteiger partial charge in [0.05, 0.1) is 24.5 Å². The molecule has 1 aromatic heterocycles. The summed E-state index contributed by atoms with van der Waals surface area (Å²) in [5, 5.41) is 8.20. The third-order valence-electron chi connectivity index (χ3n) is 3.22. The highest BCUT2D eigenvalue weighted by Crippen LogP contribution is 2.39. The molecule has 0 aliphatic rings. The Morgan fingerprint density at radius 1 is 1.18 bits per heavy atom. The average molecular weight is 319 g/mol. The fourth-order valence-corrected chi connectivity index (χ4v) is 2.89. The average Bonchev–Trinajstić information content (AvgIpc) is 2.89. The number of ether oxygens (including phenoxy) is 1. The van der Waals surface area contributed by atoms with E-state index >= 15 is 0 Å². The molecule has 0 fully saturated rings. The van der Waals surface area contributed by atoms with Gasteiger partial charge in [-0.3, -0.25) is 4.57 Å². The van der Waals surface area contributed by atoms with Crippen molar-refractivity contribution in [2.75, 3.05) is 7.11 Å². The zero-order valence-electron chi connectivity index (χ0n) is 11.7. The van der Waals surface area contributed by atoms with E-state index in [4.69, 9.17) is 14.5 Å². The molecule has 8 heteroatoms. The van der Waals surface area contributed by atoms with E-state index in [-0.39, 0.29) is 6.16 Å². The van der Waals surface area contributed by atoms with Crippen LogP contribution in [0.1, 0.15) is 5.56 Å². The van der Waals surface area contributed by atoms with Crippen molar-refractivity contribution >= 4 is 18.6 Å². The van der Waals surface area contributed by atoms with Crippen molar-refractivity contribution in [3.8, 4) is 11.4 Å². The summed E-state index contributed by atoms with van der Waals surface area (Å²) in [6, 6.07) is 12.3. The standard InChI is InChI=1S/C14H14N3O4P/c1-21-12-6-7-14-13(8-12)15-16-17(14)11-4-2-10(3-5-11)9-22(18,19)20/h2-8H,9H2,1H3,(H2,18,19,20). The Labute approximate surface area is 126 Å². The molecule has 0 radical (unpaired) electrons. The smallest absolute Gasteiger partial charge is 0.329 e. The van der Waals surface area contributed by atoms with E-state index in [1.165, 1.54) is 0 Å². The molecule has 1 heterocycles. The first kappa shape index (κ1) is 14.7. The minimum absolute atomic E-state index is 0.275. The maximum absolute atomic E-state index is 11.0. The molecule has 0 bridgehead atoms. The van der Waals surface area contributed by atoms with Gasteiger partial charge in [-0.2, -0.15) is 0 Å². The first-order chi connectivity index (χ1) is 10.5. The molecule has 3 aromatic rings. The molecule has 0 aliphatic heterocycles. The van der Waals surface area contributed by atoms with Crippen LogP contribution in [0, 0.1) is 0 Å². The van der Waals surface area contributed by atoms with E-state index in [0.717, 1.165) is 11.2 Å². The highest BCUT2D eigenvalue weighted by molar-refractivity contribution is 7.50. The van der Waals surface area contributed by atoms with Gasteiger partial charge in [0.2, 0.25) is 0 Å². The molecule has 3 rings (SSSR count). The summed E-state index contributed by atoms with van der Waals surface area (Å²) in [6.07, 6.45) is -0.275. The number of hydrogen-bond donors (Lipinski definition) is 2. The largest absolute Gasteiger partial charge is 0.497 e. The van der Waals surface area contributed by atoms with Crippen molar-refractivity contribution in [1.29, 1.82) is 0 Å². The number of nitrogens with zero attached hydrogens (tertiary/aromatic N) is 3. The van der Waals surface area contributed by atoms with Crippen molar-refractivity contribution in [2.45, 2.75) is 6.16 Å². The normalized spacial score (nSPS) is 11.8. The highest BCUT2D eigenvalue weighted by Gasteiger charge is 2.14. The van der Waals surface area contributed by atoms with Crippen LogP contribution in [0.25, 0.3) is 16.7 Å². The first-order valence-corrected chi connectivity index (χ1v) is 8.29. The van der Waals surface area contributed by atoms with E-state index in [1.54, 1.807) is 42.1 Å². The number of rotatable bonds is 4. The lowest BCUT2D eigenvalue weighted by Crippen LogP contribution is -1.97. The summed E-state index contributed by atoms with van der Waals surface area (Å²) in [6.45, 7) is 0. The molecule has 2 aromatic carbocycles. The van der Waals surface area contributed by atoms with E-state index in [9.17, 15) is 4.57 Å². The van der Waals surface area contributed by atoms with E-state index in [2.05, 4.69) is 10.3 Å². The Kier molecular flexibility index (Phi) is 3.70. The van der Waals surface area contributed by atoms with Gasteiger partial charge in [-0.25, -0.2) is 4.68 Å². The van der Waals surface area contributed by atoms with Crippen LogP contribution >= 0.6 is 7.60 Å². The van der Waals surface area contributed by atoms with Crippen LogP contribution < -0.4 is 4.74 Å². The molecule has 114 valence electrons. The maximum atomic E-state index is 11.0. The van der Waals surface area contributed by atoms with Gasteiger partial charge in [0.15, 0.2) is 0 Å². The monoisotopic (exact) mass is 319 g/mol. The van der Waals surface area contributed by atoms with Crippen molar-refractivity contribution < 1.29 is 19.1 Å². The quantitative estimate of drug-likeness (QED) is 0.715. The third-order valence-corrected chi connectivity index (χ3v) is 4.00. The molecule has 0 aliphatic carbocycles. The second-order valence-electron chi connectivity index (χ2n) is 4.85. The molecule has 0 saturated heterocycles. The van der Waals surface area contributed by atoms with Crippen LogP contribution in [0.2, 0.25) is 0 Å². The lowest BCUT2D eigenvalue weighted by Gasteiger charge is -2.06. The summed E-state index contributed by atoms with van der Waals surface area (Å²) in [7, 11) is -2.47. The van der Waals surface area contributed by atoms with Crippen LogP contribution in [-0.4, -0.2) is 31.9 Å². The minimum atomic E-state index is -4.06. The Hall–Kier alpha value is -2.21. The van der Waals surface area contributed by atoms with Crippen molar-refractivity contribution in [3.63, 3.8) is 0 Å². The molecular formula is C14H14N3O4P. The van der Waals surface area contributed by atoms with Crippen molar-refractivity contribution in [1.82, 2.24) is 15.0 Å². The lowest BCUT2D eigenvalue weighted by molar-refractivity contribution is 0.371. The number of hydrogen-bond acceptors (Lipinski definition) is 4. The molecule has 22 heavy (non-hydrogen) atoms. The molecule has 0 spiro atoms. The van der Waals surface area contributed by atoms with Crippen LogP contribution in [0.5, 0.6) is 5.75 Å². The first-order valence-electron chi connectivity index (χ1n) is 6.49. The van der Waals surface area contributed by atoms with Gasteiger partial charge >= 0.3 is 7.60 Å². The molecule has 0 unspecified atom stereocenters. The molecule has 0 saturated carbocycles. The summed E-state index contributed by atoms with van der Waals surface area (Å²) in [5.74, 6) is 0.705. The summed E-state index contributed by atoms with van der Waals surface area (Å²) >= 11 is 0. The molecule has 2 N–H and O–H groups in total. The number of benzene rings is 2. The number of fused-ring (bicyclic) bond motifs is 1. The van der Waals surface area contributed by atoms with Gasteiger partial charge in [0, 0.05) is 6.07 Å². The van der Waals surface area contributed by atoms with Crippen LogP contribution in [-0.2, 0) is 10.7 Å². The van der Waals surface area contributed by atoms with E-state index in [0.29, 0.717) is 16.8 Å². The summed E-state index contributed by atoms with van der Waals surface area (Å²) < 4.78 is 17.8. The van der Waals surface area contributed by atoms with E-state index < -0.39 is 7.60 Å². The van der Waals surface area contributed by atoms with Gasteiger partial charge in [-0.1, -0.05) is 17.3 Å². The predicted octanol–water partition coefficient (Wildman–Crippen LogP) is 2.11. The van der Waals surface area contributed by atoms with Gasteiger partial charge < -0.3 is 14.5 Å². The number of aromatic nitrogens is 3. The van der Waals surface area contributed by atoms with Gasteiger partial charge in [0.1, 0.15) is 11.3 Å². The second kappa shape index (κ2) is 5.53. The Bertz CT molecular complexity index is 854. The van der Waals surface area contributed by atoms with E-state index in [1.807, 2.05) is 12.1 Å². The zero-order chi connectivity index (χ0) is 15.7. The fourth-order valence-electron chi connectivity index (χ4n) is 2.20. The van der Waals surface area contributed by atoms with Gasteiger partial charge in [-0.05, 0) is 29.8 Å². The van der Waals surface area contributed by atoms with Gasteiger partial charge in [-0.15, -0.1) is 5.10 Å². The van der Waals surface area contributed by atoms with Gasteiger partial charge in [0.25, 0.3) is 0 Å². The molecular weight excluding hydrogens is 305 g/mol. The topological polar surface area (TPSA) is 97.5 Å². The lowest BCUT2D eigenvalue weighted by atomic mass is 10.2. The SMILES string of the molecule is COc1ccc2c(c1)nnn2-c1ccc(CP(=O)(O)O)cc1. The highest BCUT2D eigenvalue weighted by atomic mass is 31.2. The fraction of sp³-hybridized carbons (Fsp3) is 0.143. The minimum Gasteiger partial charge on any atom is -0.497 e. The second-order valence-corrected chi connectivity index (χ2v) is 6.49. The van der Waals surface area contributed by atoms with Crippen molar-refractivity contribution in [3.05, 3.63) is 48.0 Å². The Morgan fingerprint density at radius 2 is 1.91 bits per heavy atom. The zero-order valence-corrected chi connectivity index (χ0v) is 12.6. The molecule has 7 nitrogen and oxygen atoms in total. The summed E-state index contributed by atoms with van der Waals surface area (Å²) in [5.41, 5.74) is 2.87. The van der Waals surface area contributed by atoms with Crippen LogP contribution in [0.3, 0.4) is 0 Å². The van der Waals surface area contributed by atoms with Crippen LogP contribution in [0.4, 0.5) is 0 Å². The van der Waals surface area contributed by atoms with Crippen molar-refractivity contribution in [2.24, 2.45) is 0 Å². The number of methoxy groups -OCH3 is 1. The Balaban J connectivity index is 1.96. The Morgan fingerprint density at radius 3 is 2.55 bits per heavy atom. The predicted molar refractivity (Wildman–Crippen MR) is 81.2 cm³/mol. The third kappa shape index (κ3) is 3.01. The van der Waals surface area contributed by atoms with Crippen LogP contribution in [0.15, 0.2) is 42.5 Å².